The zero-order chi connectivity index (χ0) is 20.2. The first kappa shape index (κ1) is 18.9. The summed E-state index contributed by atoms with van der Waals surface area (Å²) in [7, 11) is 0. The maximum Gasteiger partial charge on any atom is 0.363 e. The van der Waals surface area contributed by atoms with Crippen LogP contribution in [0.2, 0.25) is 5.02 Å². The van der Waals surface area contributed by atoms with Gasteiger partial charge in [0.2, 0.25) is 5.90 Å². The molecule has 1 heterocycles. The number of cyclic esters (lactones) is 1. The second kappa shape index (κ2) is 8.29. The number of benzene rings is 3. The lowest BCUT2D eigenvalue weighted by molar-refractivity contribution is -0.129. The first-order valence-electron chi connectivity index (χ1n) is 8.83. The minimum absolute atomic E-state index is 0.186. The quantitative estimate of drug-likeness (QED) is 0.420. The Bertz CT molecular complexity index is 1110. The molecule has 144 valence electrons. The molecule has 1 aliphatic rings. The molecule has 3 aromatic carbocycles. The third-order valence-electron chi connectivity index (χ3n) is 4.23. The summed E-state index contributed by atoms with van der Waals surface area (Å²) in [6.07, 6.45) is 1.63. The van der Waals surface area contributed by atoms with Crippen molar-refractivity contribution in [3.8, 4) is 5.75 Å². The van der Waals surface area contributed by atoms with E-state index < -0.39 is 5.97 Å². The summed E-state index contributed by atoms with van der Waals surface area (Å²) >= 11 is 6.13. The Hall–Kier alpha value is -3.44. The highest BCUT2D eigenvalue weighted by Crippen LogP contribution is 2.24. The number of esters is 1. The number of rotatable bonds is 5. The van der Waals surface area contributed by atoms with E-state index in [4.69, 9.17) is 21.1 Å². The fraction of sp³-hybridized carbons (Fsp3) is 0.0435. The van der Waals surface area contributed by atoms with Gasteiger partial charge in [-0.25, -0.2) is 14.2 Å². The molecule has 4 rings (SSSR count). The maximum absolute atomic E-state index is 12.9. The lowest BCUT2D eigenvalue weighted by atomic mass is 10.2. The molecule has 6 heteroatoms. The molecule has 3 aromatic rings. The van der Waals surface area contributed by atoms with E-state index in [1.165, 1.54) is 12.1 Å². The molecule has 0 bridgehead atoms. The SMILES string of the molecule is O=C1OC(c2ccccc2Cl)=NC1=Cc1ccc(OCc2ccc(F)cc2)cc1. The Morgan fingerprint density at radius 3 is 2.45 bits per heavy atom. The molecular formula is C23H15ClFNO3. The molecule has 0 aromatic heterocycles. The second-order valence-electron chi connectivity index (χ2n) is 6.30. The molecule has 0 N–H and O–H groups in total. The van der Waals surface area contributed by atoms with Crippen molar-refractivity contribution in [3.63, 3.8) is 0 Å². The Morgan fingerprint density at radius 1 is 1.00 bits per heavy atom. The van der Waals surface area contributed by atoms with Gasteiger partial charge < -0.3 is 9.47 Å². The van der Waals surface area contributed by atoms with E-state index in [-0.39, 0.29) is 17.4 Å². The van der Waals surface area contributed by atoms with Crippen molar-refractivity contribution in [2.45, 2.75) is 6.61 Å². The molecule has 0 spiro atoms. The van der Waals surface area contributed by atoms with Crippen LogP contribution in [0.3, 0.4) is 0 Å². The van der Waals surface area contributed by atoms with E-state index >= 15 is 0 Å². The number of nitrogens with zero attached hydrogens (tertiary/aromatic N) is 1. The number of halogens is 2. The van der Waals surface area contributed by atoms with Crippen LogP contribution in [0.1, 0.15) is 16.7 Å². The molecule has 0 radical (unpaired) electrons. The molecule has 4 nitrogen and oxygen atoms in total. The zero-order valence-corrected chi connectivity index (χ0v) is 15.9. The minimum atomic E-state index is -0.531. The highest BCUT2D eigenvalue weighted by Gasteiger charge is 2.25. The molecule has 0 saturated heterocycles. The summed E-state index contributed by atoms with van der Waals surface area (Å²) in [5.41, 5.74) is 2.40. The standard InChI is InChI=1S/C23H15ClFNO3/c24-20-4-2-1-3-19(20)22-26-21(23(27)29-22)13-15-7-11-18(12-8-15)28-14-16-5-9-17(25)10-6-16/h1-13H,14H2. The summed E-state index contributed by atoms with van der Waals surface area (Å²) in [5, 5.41) is 0.461. The summed E-state index contributed by atoms with van der Waals surface area (Å²) in [5.74, 6) is 0.0327. The number of hydrogen-bond donors (Lipinski definition) is 0. The molecule has 0 aliphatic carbocycles. The van der Waals surface area contributed by atoms with Crippen molar-refractivity contribution in [1.29, 1.82) is 0 Å². The summed E-state index contributed by atoms with van der Waals surface area (Å²) in [6.45, 7) is 0.332. The summed E-state index contributed by atoms with van der Waals surface area (Å²) in [4.78, 5) is 16.4. The van der Waals surface area contributed by atoms with Crippen molar-refractivity contribution in [3.05, 3.63) is 106 Å². The fourth-order valence-electron chi connectivity index (χ4n) is 2.72. The highest BCUT2D eigenvalue weighted by atomic mass is 35.5. The second-order valence-corrected chi connectivity index (χ2v) is 6.71. The number of hydrogen-bond acceptors (Lipinski definition) is 4. The largest absolute Gasteiger partial charge is 0.489 e. The van der Waals surface area contributed by atoms with Gasteiger partial charge in [0.15, 0.2) is 5.70 Å². The van der Waals surface area contributed by atoms with Gasteiger partial charge in [-0.05, 0) is 53.6 Å². The monoisotopic (exact) mass is 407 g/mol. The van der Waals surface area contributed by atoms with Crippen molar-refractivity contribution < 1.29 is 18.7 Å². The molecular weight excluding hydrogens is 393 g/mol. The average molecular weight is 408 g/mol. The van der Waals surface area contributed by atoms with E-state index in [2.05, 4.69) is 4.99 Å². The number of carbonyl (C=O) groups excluding carboxylic acids is 1. The smallest absolute Gasteiger partial charge is 0.363 e. The molecule has 0 amide bonds. The summed E-state index contributed by atoms with van der Waals surface area (Å²) in [6, 6.07) is 20.4. The molecule has 0 saturated carbocycles. The van der Waals surface area contributed by atoms with Crippen molar-refractivity contribution in [2.75, 3.05) is 0 Å². The van der Waals surface area contributed by atoms with Gasteiger partial charge in [-0.3, -0.25) is 0 Å². The van der Waals surface area contributed by atoms with E-state index in [0.29, 0.717) is 22.9 Å². The highest BCUT2D eigenvalue weighted by molar-refractivity contribution is 6.34. The number of ether oxygens (including phenoxy) is 2. The number of aliphatic imine (C=N–C) groups is 1. The van der Waals surface area contributed by atoms with Crippen molar-refractivity contribution in [2.24, 2.45) is 4.99 Å². The molecule has 0 fully saturated rings. The Balaban J connectivity index is 1.46. The van der Waals surface area contributed by atoms with Crippen LogP contribution in [-0.4, -0.2) is 11.9 Å². The zero-order valence-electron chi connectivity index (χ0n) is 15.1. The third-order valence-corrected chi connectivity index (χ3v) is 4.56. The van der Waals surface area contributed by atoms with E-state index in [1.807, 2.05) is 12.1 Å². The number of carbonyl (C=O) groups is 1. The van der Waals surface area contributed by atoms with Crippen molar-refractivity contribution >= 4 is 29.5 Å². The lowest BCUT2D eigenvalue weighted by Gasteiger charge is -2.06. The Labute approximate surface area is 171 Å². The molecule has 0 unspecified atom stereocenters. The lowest BCUT2D eigenvalue weighted by Crippen LogP contribution is -2.05. The van der Waals surface area contributed by atoms with Crippen LogP contribution in [0.25, 0.3) is 6.08 Å². The third kappa shape index (κ3) is 4.52. The van der Waals surface area contributed by atoms with E-state index in [9.17, 15) is 9.18 Å². The van der Waals surface area contributed by atoms with Crippen LogP contribution in [0.5, 0.6) is 5.75 Å². The Kier molecular flexibility index (Phi) is 5.40. The first-order valence-corrected chi connectivity index (χ1v) is 9.21. The summed E-state index contributed by atoms with van der Waals surface area (Å²) < 4.78 is 23.9. The van der Waals surface area contributed by atoms with Crippen molar-refractivity contribution in [1.82, 2.24) is 0 Å². The predicted molar refractivity (Wildman–Crippen MR) is 109 cm³/mol. The first-order chi connectivity index (χ1) is 14.1. The minimum Gasteiger partial charge on any atom is -0.489 e. The van der Waals surface area contributed by atoms with Gasteiger partial charge in [0.25, 0.3) is 0 Å². The average Bonchev–Trinajstić information content (AvgIpc) is 3.09. The van der Waals surface area contributed by atoms with Crippen LogP contribution in [0.15, 0.2) is 83.5 Å². The van der Waals surface area contributed by atoms with Crippen LogP contribution in [0, 0.1) is 5.82 Å². The van der Waals surface area contributed by atoms with Crippen LogP contribution in [-0.2, 0) is 16.1 Å². The van der Waals surface area contributed by atoms with Gasteiger partial charge in [-0.1, -0.05) is 48.0 Å². The molecule has 0 atom stereocenters. The maximum atomic E-state index is 12.9. The van der Waals surface area contributed by atoms with Crippen LogP contribution in [0.4, 0.5) is 4.39 Å². The van der Waals surface area contributed by atoms with Crippen LogP contribution >= 0.6 is 11.6 Å². The van der Waals surface area contributed by atoms with Crippen LogP contribution < -0.4 is 4.74 Å². The van der Waals surface area contributed by atoms with Gasteiger partial charge in [-0.2, -0.15) is 0 Å². The fourth-order valence-corrected chi connectivity index (χ4v) is 2.94. The van der Waals surface area contributed by atoms with E-state index in [0.717, 1.165) is 11.1 Å². The van der Waals surface area contributed by atoms with Gasteiger partial charge in [0, 0.05) is 0 Å². The predicted octanol–water partition coefficient (Wildman–Crippen LogP) is 5.40. The van der Waals surface area contributed by atoms with E-state index in [1.54, 1.807) is 54.6 Å². The van der Waals surface area contributed by atoms with Gasteiger partial charge in [0.1, 0.15) is 18.2 Å². The molecule has 1 aliphatic heterocycles. The van der Waals surface area contributed by atoms with Gasteiger partial charge in [-0.15, -0.1) is 0 Å². The molecule has 29 heavy (non-hydrogen) atoms. The Morgan fingerprint density at radius 2 is 1.72 bits per heavy atom. The van der Waals surface area contributed by atoms with Gasteiger partial charge >= 0.3 is 5.97 Å². The topological polar surface area (TPSA) is 47.9 Å². The van der Waals surface area contributed by atoms with Gasteiger partial charge in [0.05, 0.1) is 10.6 Å². The normalized spacial score (nSPS) is 14.6.